The SMILES string of the molecule is COc1ccc(Cl)cc1NC(=O)c1cc(NC2CC2)nc(C)n1. The quantitative estimate of drug-likeness (QED) is 0.878. The van der Waals surface area contributed by atoms with Crippen LogP contribution in [-0.2, 0) is 0 Å². The van der Waals surface area contributed by atoms with E-state index < -0.39 is 0 Å². The number of amides is 1. The van der Waals surface area contributed by atoms with Gasteiger partial charge < -0.3 is 15.4 Å². The van der Waals surface area contributed by atoms with Crippen molar-refractivity contribution in [1.29, 1.82) is 0 Å². The number of carbonyl (C=O) groups is 1. The van der Waals surface area contributed by atoms with E-state index in [0.29, 0.717) is 39.8 Å². The van der Waals surface area contributed by atoms with E-state index in [1.165, 1.54) is 7.11 Å². The van der Waals surface area contributed by atoms with E-state index in [1.807, 2.05) is 0 Å². The number of rotatable bonds is 5. The summed E-state index contributed by atoms with van der Waals surface area (Å²) in [5, 5.41) is 6.56. The van der Waals surface area contributed by atoms with Crippen molar-refractivity contribution in [3.63, 3.8) is 0 Å². The molecule has 7 heteroatoms. The summed E-state index contributed by atoms with van der Waals surface area (Å²) in [7, 11) is 1.53. The maximum absolute atomic E-state index is 12.5. The van der Waals surface area contributed by atoms with Crippen LogP contribution in [0.5, 0.6) is 5.75 Å². The van der Waals surface area contributed by atoms with Crippen molar-refractivity contribution < 1.29 is 9.53 Å². The second-order valence-corrected chi connectivity index (χ2v) is 5.84. The van der Waals surface area contributed by atoms with Gasteiger partial charge in [-0.1, -0.05) is 11.6 Å². The monoisotopic (exact) mass is 332 g/mol. The molecule has 1 fully saturated rings. The van der Waals surface area contributed by atoms with Crippen molar-refractivity contribution >= 4 is 29.0 Å². The summed E-state index contributed by atoms with van der Waals surface area (Å²) in [6.07, 6.45) is 2.26. The zero-order valence-electron chi connectivity index (χ0n) is 12.9. The molecule has 0 saturated heterocycles. The molecular weight excluding hydrogens is 316 g/mol. The fourth-order valence-corrected chi connectivity index (χ4v) is 2.33. The maximum atomic E-state index is 12.5. The van der Waals surface area contributed by atoms with Crippen LogP contribution in [0.1, 0.15) is 29.2 Å². The number of aryl methyl sites for hydroxylation is 1. The third-order valence-corrected chi connectivity index (χ3v) is 3.64. The predicted octanol–water partition coefficient (Wildman–Crippen LogP) is 3.27. The molecule has 1 aliphatic rings. The van der Waals surface area contributed by atoms with Gasteiger partial charge in [0, 0.05) is 17.1 Å². The lowest BCUT2D eigenvalue weighted by Gasteiger charge is -2.11. The zero-order chi connectivity index (χ0) is 16.4. The maximum Gasteiger partial charge on any atom is 0.274 e. The molecular formula is C16H17ClN4O2. The number of methoxy groups -OCH3 is 1. The van der Waals surface area contributed by atoms with Crippen LogP contribution in [0.25, 0.3) is 0 Å². The van der Waals surface area contributed by atoms with Gasteiger partial charge in [0.1, 0.15) is 23.1 Å². The number of halogens is 1. The van der Waals surface area contributed by atoms with Gasteiger partial charge >= 0.3 is 0 Å². The zero-order valence-corrected chi connectivity index (χ0v) is 13.6. The summed E-state index contributed by atoms with van der Waals surface area (Å²) >= 11 is 5.98. The van der Waals surface area contributed by atoms with E-state index in [1.54, 1.807) is 31.2 Å². The van der Waals surface area contributed by atoms with Crippen molar-refractivity contribution in [2.24, 2.45) is 0 Å². The minimum atomic E-state index is -0.338. The van der Waals surface area contributed by atoms with Crippen LogP contribution in [0, 0.1) is 6.92 Å². The van der Waals surface area contributed by atoms with Crippen LogP contribution < -0.4 is 15.4 Å². The van der Waals surface area contributed by atoms with Crippen molar-refractivity contribution in [3.05, 3.63) is 40.8 Å². The Balaban J connectivity index is 1.82. The fraction of sp³-hybridized carbons (Fsp3) is 0.312. The Morgan fingerprint density at radius 1 is 1.30 bits per heavy atom. The number of anilines is 2. The number of hydrogen-bond acceptors (Lipinski definition) is 5. The first-order chi connectivity index (χ1) is 11.0. The van der Waals surface area contributed by atoms with E-state index in [2.05, 4.69) is 20.6 Å². The molecule has 0 bridgehead atoms. The Morgan fingerprint density at radius 3 is 2.78 bits per heavy atom. The molecule has 2 N–H and O–H groups in total. The van der Waals surface area contributed by atoms with E-state index in [4.69, 9.17) is 16.3 Å². The molecule has 0 aliphatic heterocycles. The van der Waals surface area contributed by atoms with Crippen LogP contribution in [0.3, 0.4) is 0 Å². The lowest BCUT2D eigenvalue weighted by Crippen LogP contribution is -2.16. The molecule has 1 heterocycles. The minimum Gasteiger partial charge on any atom is -0.495 e. The minimum absolute atomic E-state index is 0.294. The molecule has 120 valence electrons. The number of hydrogen-bond donors (Lipinski definition) is 2. The van der Waals surface area contributed by atoms with E-state index in [9.17, 15) is 4.79 Å². The van der Waals surface area contributed by atoms with Gasteiger partial charge in [0.05, 0.1) is 12.8 Å². The summed E-state index contributed by atoms with van der Waals surface area (Å²) in [5.41, 5.74) is 0.792. The van der Waals surface area contributed by atoms with Crippen molar-refractivity contribution in [3.8, 4) is 5.75 Å². The van der Waals surface area contributed by atoms with Gasteiger partial charge in [-0.2, -0.15) is 0 Å². The highest BCUT2D eigenvalue weighted by molar-refractivity contribution is 6.31. The molecule has 23 heavy (non-hydrogen) atoms. The lowest BCUT2D eigenvalue weighted by molar-refractivity contribution is 0.102. The highest BCUT2D eigenvalue weighted by Crippen LogP contribution is 2.28. The molecule has 1 aromatic heterocycles. The topological polar surface area (TPSA) is 76.1 Å². The largest absolute Gasteiger partial charge is 0.495 e. The van der Waals surface area contributed by atoms with Crippen molar-refractivity contribution in [2.45, 2.75) is 25.8 Å². The molecule has 6 nitrogen and oxygen atoms in total. The second kappa shape index (κ2) is 6.42. The molecule has 1 aliphatic carbocycles. The molecule has 0 radical (unpaired) electrons. The molecule has 1 amide bonds. The average molecular weight is 333 g/mol. The highest BCUT2D eigenvalue weighted by Gasteiger charge is 2.22. The third kappa shape index (κ3) is 3.90. The number of ether oxygens (including phenoxy) is 1. The van der Waals surface area contributed by atoms with E-state index in [0.717, 1.165) is 12.8 Å². The van der Waals surface area contributed by atoms with Gasteiger partial charge in [-0.3, -0.25) is 4.79 Å². The highest BCUT2D eigenvalue weighted by atomic mass is 35.5. The van der Waals surface area contributed by atoms with Crippen molar-refractivity contribution in [1.82, 2.24) is 9.97 Å². The summed E-state index contributed by atoms with van der Waals surface area (Å²) in [4.78, 5) is 21.0. The van der Waals surface area contributed by atoms with Gasteiger partial charge in [-0.05, 0) is 38.0 Å². The molecule has 3 rings (SSSR count). The van der Waals surface area contributed by atoms with E-state index in [-0.39, 0.29) is 5.91 Å². The number of nitrogens with one attached hydrogen (secondary N) is 2. The molecule has 0 unspecified atom stereocenters. The first-order valence-corrected chi connectivity index (χ1v) is 7.70. The van der Waals surface area contributed by atoms with Gasteiger partial charge in [0.2, 0.25) is 0 Å². The Kier molecular flexibility index (Phi) is 4.34. The normalized spacial score (nSPS) is 13.5. The second-order valence-electron chi connectivity index (χ2n) is 5.40. The van der Waals surface area contributed by atoms with Crippen LogP contribution >= 0.6 is 11.6 Å². The van der Waals surface area contributed by atoms with Gasteiger partial charge in [-0.25, -0.2) is 9.97 Å². The van der Waals surface area contributed by atoms with Crippen LogP contribution in [0.2, 0.25) is 5.02 Å². The standard InChI is InChI=1S/C16H17ClN4O2/c1-9-18-13(8-15(19-9)20-11-4-5-11)16(22)21-12-7-10(17)3-6-14(12)23-2/h3,6-8,11H,4-5H2,1-2H3,(H,21,22)(H,18,19,20). The molecule has 2 aromatic rings. The predicted molar refractivity (Wildman–Crippen MR) is 89.4 cm³/mol. The number of nitrogens with zero attached hydrogens (tertiary/aromatic N) is 2. The number of benzene rings is 1. The Morgan fingerprint density at radius 2 is 2.09 bits per heavy atom. The summed E-state index contributed by atoms with van der Waals surface area (Å²) in [6, 6.07) is 7.13. The molecule has 0 atom stereocenters. The first kappa shape index (κ1) is 15.6. The average Bonchev–Trinajstić information content (AvgIpc) is 3.31. The lowest BCUT2D eigenvalue weighted by atomic mass is 10.2. The van der Waals surface area contributed by atoms with Crippen molar-refractivity contribution in [2.75, 3.05) is 17.7 Å². The Labute approximate surface area is 139 Å². The smallest absolute Gasteiger partial charge is 0.274 e. The van der Waals surface area contributed by atoms with Crippen LogP contribution in [0.4, 0.5) is 11.5 Å². The Hall–Kier alpha value is -2.34. The fourth-order valence-electron chi connectivity index (χ4n) is 2.16. The first-order valence-electron chi connectivity index (χ1n) is 7.32. The molecule has 1 aromatic carbocycles. The Bertz CT molecular complexity index is 747. The van der Waals surface area contributed by atoms with E-state index >= 15 is 0 Å². The van der Waals surface area contributed by atoms with Gasteiger partial charge in [-0.15, -0.1) is 0 Å². The van der Waals surface area contributed by atoms with Crippen LogP contribution in [0.15, 0.2) is 24.3 Å². The third-order valence-electron chi connectivity index (χ3n) is 3.41. The summed E-state index contributed by atoms with van der Waals surface area (Å²) < 4.78 is 5.23. The molecule has 1 saturated carbocycles. The van der Waals surface area contributed by atoms with Gasteiger partial charge in [0.25, 0.3) is 5.91 Å². The summed E-state index contributed by atoms with van der Waals surface area (Å²) in [6.45, 7) is 1.76. The molecule has 0 spiro atoms. The van der Waals surface area contributed by atoms with Crippen LogP contribution in [-0.4, -0.2) is 29.0 Å². The summed E-state index contributed by atoms with van der Waals surface area (Å²) in [5.74, 6) is 1.40. The van der Waals surface area contributed by atoms with Gasteiger partial charge in [0.15, 0.2) is 0 Å². The number of aromatic nitrogens is 2. The number of carbonyl (C=O) groups excluding carboxylic acids is 1.